The Balaban J connectivity index is 3.49. The van der Waals surface area contributed by atoms with Crippen molar-refractivity contribution in [2.45, 2.75) is 19.8 Å². The highest BCUT2D eigenvalue weighted by Crippen LogP contribution is 1.95. The molecule has 0 amide bonds. The predicted octanol–water partition coefficient (Wildman–Crippen LogP) is 0.194. The molecule has 0 aliphatic rings. The standard InChI is InChI=1S/C6H14O3S/c1-2-10(8,9)6-4-3-5-7/h7H,2-6H2,1H3. The third kappa shape index (κ3) is 4.76. The normalized spacial score (nSPS) is 11.8. The molecule has 0 unspecified atom stereocenters. The SMILES string of the molecule is CCS(=O)(=O)CCCCO. The molecule has 1 N–H and O–H groups in total. The summed E-state index contributed by atoms with van der Waals surface area (Å²) in [5.74, 6) is 0.419. The molecule has 0 radical (unpaired) electrons. The molecule has 0 spiro atoms. The van der Waals surface area contributed by atoms with E-state index in [9.17, 15) is 8.42 Å². The number of unbranched alkanes of at least 4 members (excludes halogenated alkanes) is 1. The van der Waals surface area contributed by atoms with Crippen molar-refractivity contribution in [3.05, 3.63) is 0 Å². The van der Waals surface area contributed by atoms with E-state index in [1.807, 2.05) is 0 Å². The first-order chi connectivity index (χ1) is 4.62. The average Bonchev–Trinajstić information content (AvgIpc) is 1.89. The Kier molecular flexibility index (Phi) is 4.64. The van der Waals surface area contributed by atoms with Crippen LogP contribution in [0.4, 0.5) is 0 Å². The van der Waals surface area contributed by atoms with Crippen molar-refractivity contribution in [1.82, 2.24) is 0 Å². The summed E-state index contributed by atoms with van der Waals surface area (Å²) in [5.41, 5.74) is 0. The van der Waals surface area contributed by atoms with E-state index in [1.165, 1.54) is 0 Å². The smallest absolute Gasteiger partial charge is 0.150 e. The van der Waals surface area contributed by atoms with Crippen molar-refractivity contribution < 1.29 is 13.5 Å². The Morgan fingerprint density at radius 1 is 1.30 bits per heavy atom. The summed E-state index contributed by atoms with van der Waals surface area (Å²) in [6.07, 6.45) is 1.16. The van der Waals surface area contributed by atoms with Crippen molar-refractivity contribution in [1.29, 1.82) is 0 Å². The van der Waals surface area contributed by atoms with E-state index in [-0.39, 0.29) is 18.1 Å². The molecule has 0 saturated heterocycles. The van der Waals surface area contributed by atoms with E-state index in [1.54, 1.807) is 6.92 Å². The molecule has 0 fully saturated rings. The molecule has 0 saturated carbocycles. The van der Waals surface area contributed by atoms with Crippen LogP contribution in [0.15, 0.2) is 0 Å². The summed E-state index contributed by atoms with van der Waals surface area (Å²) < 4.78 is 21.6. The van der Waals surface area contributed by atoms with Crippen LogP contribution in [0, 0.1) is 0 Å². The molecule has 10 heavy (non-hydrogen) atoms. The fourth-order valence-corrected chi connectivity index (χ4v) is 1.51. The van der Waals surface area contributed by atoms with Gasteiger partial charge in [-0.05, 0) is 12.8 Å². The van der Waals surface area contributed by atoms with E-state index in [0.717, 1.165) is 0 Å². The van der Waals surface area contributed by atoms with E-state index < -0.39 is 9.84 Å². The zero-order valence-corrected chi connectivity index (χ0v) is 7.02. The van der Waals surface area contributed by atoms with Crippen LogP contribution in [0.1, 0.15) is 19.8 Å². The molecule has 3 nitrogen and oxygen atoms in total. The first kappa shape index (κ1) is 9.91. The summed E-state index contributed by atoms with van der Waals surface area (Å²) >= 11 is 0. The second-order valence-electron chi connectivity index (χ2n) is 2.17. The van der Waals surface area contributed by atoms with Crippen molar-refractivity contribution >= 4 is 9.84 Å². The highest BCUT2D eigenvalue weighted by atomic mass is 32.2. The van der Waals surface area contributed by atoms with Gasteiger partial charge in [-0.15, -0.1) is 0 Å². The Morgan fingerprint density at radius 2 is 1.90 bits per heavy atom. The summed E-state index contributed by atoms with van der Waals surface area (Å²) in [7, 11) is -2.80. The number of rotatable bonds is 5. The van der Waals surface area contributed by atoms with Gasteiger partial charge in [0.15, 0.2) is 0 Å². The molecule has 0 rings (SSSR count). The van der Waals surface area contributed by atoms with Crippen molar-refractivity contribution in [3.63, 3.8) is 0 Å². The van der Waals surface area contributed by atoms with Gasteiger partial charge in [0, 0.05) is 12.4 Å². The summed E-state index contributed by atoms with van der Waals surface area (Å²) in [5, 5.41) is 8.34. The topological polar surface area (TPSA) is 54.4 Å². The molecule has 0 aromatic rings. The Labute approximate surface area is 62.0 Å². The quantitative estimate of drug-likeness (QED) is 0.593. The number of hydrogen-bond acceptors (Lipinski definition) is 3. The maximum Gasteiger partial charge on any atom is 0.150 e. The molecule has 0 aliphatic heterocycles. The lowest BCUT2D eigenvalue weighted by Gasteiger charge is -1.97. The van der Waals surface area contributed by atoms with Gasteiger partial charge in [-0.3, -0.25) is 0 Å². The van der Waals surface area contributed by atoms with Crippen molar-refractivity contribution in [2.24, 2.45) is 0 Å². The van der Waals surface area contributed by atoms with E-state index in [2.05, 4.69) is 0 Å². The van der Waals surface area contributed by atoms with E-state index >= 15 is 0 Å². The van der Waals surface area contributed by atoms with E-state index in [4.69, 9.17) is 5.11 Å². The zero-order valence-electron chi connectivity index (χ0n) is 6.21. The van der Waals surface area contributed by atoms with Gasteiger partial charge in [-0.1, -0.05) is 6.92 Å². The van der Waals surface area contributed by atoms with Crippen LogP contribution in [0.2, 0.25) is 0 Å². The molecular weight excluding hydrogens is 152 g/mol. The molecular formula is C6H14O3S. The molecule has 0 aliphatic carbocycles. The molecule has 0 aromatic carbocycles. The Bertz CT molecular complexity index is 160. The lowest BCUT2D eigenvalue weighted by molar-refractivity contribution is 0.287. The van der Waals surface area contributed by atoms with Gasteiger partial charge in [0.25, 0.3) is 0 Å². The highest BCUT2D eigenvalue weighted by molar-refractivity contribution is 7.91. The molecule has 0 atom stereocenters. The third-order valence-electron chi connectivity index (χ3n) is 1.30. The molecule has 62 valence electrons. The first-order valence-electron chi connectivity index (χ1n) is 3.43. The maximum absolute atomic E-state index is 10.8. The maximum atomic E-state index is 10.8. The van der Waals surface area contributed by atoms with E-state index in [0.29, 0.717) is 12.8 Å². The van der Waals surface area contributed by atoms with Gasteiger partial charge in [-0.2, -0.15) is 0 Å². The van der Waals surface area contributed by atoms with Crippen LogP contribution >= 0.6 is 0 Å². The average molecular weight is 166 g/mol. The van der Waals surface area contributed by atoms with Crippen molar-refractivity contribution in [3.8, 4) is 0 Å². The number of aliphatic hydroxyl groups excluding tert-OH is 1. The lowest BCUT2D eigenvalue weighted by atomic mass is 10.4. The molecule has 0 aromatic heterocycles. The van der Waals surface area contributed by atoms with Crippen LogP contribution in [0.25, 0.3) is 0 Å². The van der Waals surface area contributed by atoms with Crippen LogP contribution in [-0.2, 0) is 9.84 Å². The van der Waals surface area contributed by atoms with Crippen LogP contribution < -0.4 is 0 Å². The van der Waals surface area contributed by atoms with Gasteiger partial charge in [0.2, 0.25) is 0 Å². The minimum Gasteiger partial charge on any atom is -0.396 e. The summed E-state index contributed by atoms with van der Waals surface area (Å²) in [6, 6.07) is 0. The van der Waals surface area contributed by atoms with Gasteiger partial charge >= 0.3 is 0 Å². The number of aliphatic hydroxyl groups is 1. The predicted molar refractivity (Wildman–Crippen MR) is 40.6 cm³/mol. The largest absolute Gasteiger partial charge is 0.396 e. The van der Waals surface area contributed by atoms with Crippen molar-refractivity contribution in [2.75, 3.05) is 18.1 Å². The van der Waals surface area contributed by atoms with Crippen LogP contribution in [0.5, 0.6) is 0 Å². The van der Waals surface area contributed by atoms with Gasteiger partial charge in [0.1, 0.15) is 9.84 Å². The second kappa shape index (κ2) is 4.68. The molecule has 4 heteroatoms. The zero-order chi connectivity index (χ0) is 8.04. The molecule has 0 bridgehead atoms. The minimum absolute atomic E-state index is 0.0826. The fourth-order valence-electron chi connectivity index (χ4n) is 0.578. The number of sulfone groups is 1. The molecule has 0 heterocycles. The van der Waals surface area contributed by atoms with Crippen LogP contribution in [-0.4, -0.2) is 31.6 Å². The van der Waals surface area contributed by atoms with Gasteiger partial charge < -0.3 is 5.11 Å². The summed E-state index contributed by atoms with van der Waals surface area (Å²) in [6.45, 7) is 1.72. The monoisotopic (exact) mass is 166 g/mol. The Hall–Kier alpha value is -0.0900. The van der Waals surface area contributed by atoms with Crippen LogP contribution in [0.3, 0.4) is 0 Å². The fraction of sp³-hybridized carbons (Fsp3) is 1.00. The summed E-state index contributed by atoms with van der Waals surface area (Å²) in [4.78, 5) is 0. The van der Waals surface area contributed by atoms with Gasteiger partial charge in [0.05, 0.1) is 5.75 Å². The van der Waals surface area contributed by atoms with Gasteiger partial charge in [-0.25, -0.2) is 8.42 Å². The minimum atomic E-state index is -2.80. The lowest BCUT2D eigenvalue weighted by Crippen LogP contribution is -2.08. The Morgan fingerprint density at radius 3 is 2.30 bits per heavy atom. The second-order valence-corrected chi connectivity index (χ2v) is 4.64. The highest BCUT2D eigenvalue weighted by Gasteiger charge is 2.04. The first-order valence-corrected chi connectivity index (χ1v) is 5.26. The third-order valence-corrected chi connectivity index (χ3v) is 3.09. The number of hydrogen-bond donors (Lipinski definition) is 1.